The van der Waals surface area contributed by atoms with Gasteiger partial charge in [-0.25, -0.2) is 4.98 Å². The van der Waals surface area contributed by atoms with Crippen LogP contribution in [0.15, 0.2) is 54.6 Å². The molecular weight excluding hydrogens is 472 g/mol. The van der Waals surface area contributed by atoms with E-state index in [0.29, 0.717) is 18.7 Å². The van der Waals surface area contributed by atoms with Crippen LogP contribution in [0.3, 0.4) is 0 Å². The Balaban J connectivity index is 1.43. The molecule has 0 aliphatic carbocycles. The lowest BCUT2D eigenvalue weighted by molar-refractivity contribution is 0.0692. The van der Waals surface area contributed by atoms with Crippen LogP contribution in [0, 0.1) is 6.92 Å². The van der Waals surface area contributed by atoms with Crippen molar-refractivity contribution >= 4 is 50.7 Å². The van der Waals surface area contributed by atoms with Gasteiger partial charge in [-0.3, -0.25) is 9.59 Å². The topological polar surface area (TPSA) is 109 Å². The van der Waals surface area contributed by atoms with Gasteiger partial charge in [0, 0.05) is 24.2 Å². The monoisotopic (exact) mass is 492 g/mol. The molecule has 0 fully saturated rings. The van der Waals surface area contributed by atoms with Crippen molar-refractivity contribution < 1.29 is 14.7 Å². The van der Waals surface area contributed by atoms with Crippen molar-refractivity contribution in [3.8, 4) is 5.75 Å². The first-order chi connectivity index (χ1) is 16.3. The summed E-state index contributed by atoms with van der Waals surface area (Å²) in [6.07, 6.45) is 0. The number of aromatic hydroxyl groups is 1. The first kappa shape index (κ1) is 22.2. The van der Waals surface area contributed by atoms with E-state index in [1.807, 2.05) is 43.3 Å². The van der Waals surface area contributed by atoms with Gasteiger partial charge in [-0.1, -0.05) is 35.9 Å². The van der Waals surface area contributed by atoms with Crippen LogP contribution in [0.1, 0.15) is 42.9 Å². The van der Waals surface area contributed by atoms with Gasteiger partial charge < -0.3 is 21.1 Å². The Bertz CT molecular complexity index is 1430. The van der Waals surface area contributed by atoms with Gasteiger partial charge in [0.05, 0.1) is 27.0 Å². The molecule has 0 saturated heterocycles. The molecule has 4 aromatic rings. The summed E-state index contributed by atoms with van der Waals surface area (Å²) in [5.41, 5.74) is 9.46. The summed E-state index contributed by atoms with van der Waals surface area (Å²) in [6, 6.07) is 15.5. The van der Waals surface area contributed by atoms with Crippen LogP contribution in [-0.2, 0) is 6.54 Å². The van der Waals surface area contributed by atoms with Crippen LogP contribution >= 0.6 is 22.9 Å². The third-order valence-electron chi connectivity index (χ3n) is 5.87. The Kier molecular flexibility index (Phi) is 5.63. The number of thiazole rings is 1. The van der Waals surface area contributed by atoms with Gasteiger partial charge in [0.15, 0.2) is 0 Å². The highest BCUT2D eigenvalue weighted by Gasteiger charge is 2.30. The number of halogens is 1. The Morgan fingerprint density at radius 3 is 2.76 bits per heavy atom. The van der Waals surface area contributed by atoms with E-state index in [0.717, 1.165) is 26.4 Å². The first-order valence-corrected chi connectivity index (χ1v) is 11.8. The number of hydrogen-bond donors (Lipinski definition) is 3. The lowest BCUT2D eigenvalue weighted by Gasteiger charge is -2.35. The van der Waals surface area contributed by atoms with Gasteiger partial charge in [0.25, 0.3) is 11.8 Å². The molecule has 0 bridgehead atoms. The van der Waals surface area contributed by atoms with Crippen LogP contribution < -0.4 is 11.1 Å². The summed E-state index contributed by atoms with van der Waals surface area (Å²) in [4.78, 5) is 32.6. The highest BCUT2D eigenvalue weighted by atomic mass is 35.5. The van der Waals surface area contributed by atoms with Crippen molar-refractivity contribution in [2.45, 2.75) is 19.5 Å². The fourth-order valence-electron chi connectivity index (χ4n) is 4.24. The van der Waals surface area contributed by atoms with Crippen molar-refractivity contribution in [1.29, 1.82) is 0 Å². The van der Waals surface area contributed by atoms with Crippen molar-refractivity contribution in [1.82, 2.24) is 15.2 Å². The van der Waals surface area contributed by atoms with Gasteiger partial charge >= 0.3 is 0 Å². The van der Waals surface area contributed by atoms with Crippen LogP contribution in [-0.4, -0.2) is 33.3 Å². The Hall–Kier alpha value is -3.62. The third kappa shape index (κ3) is 4.06. The summed E-state index contributed by atoms with van der Waals surface area (Å²) in [7, 11) is 0. The number of carbonyl (C=O) groups excluding carboxylic acids is 2. The fourth-order valence-corrected chi connectivity index (χ4v) is 5.22. The molecule has 2 amide bonds. The number of phenolic OH excluding ortho intramolecular Hbond substituents is 1. The highest BCUT2D eigenvalue weighted by molar-refractivity contribution is 7.18. The molecule has 1 aliphatic rings. The number of fused-ring (bicyclic) bond motifs is 2. The van der Waals surface area contributed by atoms with E-state index in [4.69, 9.17) is 17.3 Å². The second-order valence-corrected chi connectivity index (χ2v) is 9.84. The molecule has 3 aromatic carbocycles. The standard InChI is InChI=1S/C25H21ClN4O3S/c1-13-28-19-7-6-14(10-22(19)34-13)25(33)30-11-15-4-2-3-5-17(15)20(12-30)29-24(32)16-8-18(27)23(26)21(31)9-16/h2-10,20,31H,11-12,27H2,1H3,(H,29,32). The summed E-state index contributed by atoms with van der Waals surface area (Å²) in [6.45, 7) is 2.68. The lowest BCUT2D eigenvalue weighted by atomic mass is 9.94. The average Bonchev–Trinajstić information content (AvgIpc) is 3.20. The predicted octanol–water partition coefficient (Wildman–Crippen LogP) is 4.67. The second-order valence-electron chi connectivity index (χ2n) is 8.22. The first-order valence-electron chi connectivity index (χ1n) is 10.6. The summed E-state index contributed by atoms with van der Waals surface area (Å²) >= 11 is 7.46. The molecule has 172 valence electrons. The van der Waals surface area contributed by atoms with Gasteiger partial charge in [0.1, 0.15) is 10.8 Å². The van der Waals surface area contributed by atoms with E-state index < -0.39 is 11.9 Å². The molecule has 0 spiro atoms. The van der Waals surface area contributed by atoms with E-state index >= 15 is 0 Å². The van der Waals surface area contributed by atoms with E-state index in [2.05, 4.69) is 10.3 Å². The van der Waals surface area contributed by atoms with E-state index in [-0.39, 0.29) is 27.9 Å². The molecule has 1 atom stereocenters. The second kappa shape index (κ2) is 8.62. The molecule has 0 saturated carbocycles. The minimum Gasteiger partial charge on any atom is -0.506 e. The highest BCUT2D eigenvalue weighted by Crippen LogP contribution is 2.32. The Morgan fingerprint density at radius 1 is 1.18 bits per heavy atom. The summed E-state index contributed by atoms with van der Waals surface area (Å²) in [5, 5.41) is 13.9. The zero-order valence-corrected chi connectivity index (χ0v) is 19.8. The van der Waals surface area contributed by atoms with E-state index in [1.165, 1.54) is 12.1 Å². The van der Waals surface area contributed by atoms with Crippen LogP contribution in [0.25, 0.3) is 10.2 Å². The number of nitrogens with zero attached hydrogens (tertiary/aromatic N) is 2. The number of hydrogen-bond acceptors (Lipinski definition) is 6. The molecule has 7 nitrogen and oxygen atoms in total. The lowest BCUT2D eigenvalue weighted by Crippen LogP contribution is -2.44. The number of benzene rings is 3. The van der Waals surface area contributed by atoms with Crippen molar-refractivity contribution in [2.24, 2.45) is 0 Å². The number of phenols is 1. The molecule has 1 unspecified atom stereocenters. The minimum absolute atomic E-state index is 0.00411. The number of aryl methyl sites for hydroxylation is 1. The van der Waals surface area contributed by atoms with Gasteiger partial charge in [-0.05, 0) is 48.4 Å². The van der Waals surface area contributed by atoms with Crippen LogP contribution in [0.4, 0.5) is 5.69 Å². The maximum Gasteiger partial charge on any atom is 0.254 e. The van der Waals surface area contributed by atoms with Gasteiger partial charge in [-0.2, -0.15) is 0 Å². The fraction of sp³-hybridized carbons (Fsp3) is 0.160. The number of anilines is 1. The van der Waals surface area contributed by atoms with Crippen LogP contribution in [0.2, 0.25) is 5.02 Å². The number of nitrogen functional groups attached to an aromatic ring is 1. The average molecular weight is 493 g/mol. The van der Waals surface area contributed by atoms with Gasteiger partial charge in [-0.15, -0.1) is 11.3 Å². The zero-order chi connectivity index (χ0) is 24.0. The predicted molar refractivity (Wildman–Crippen MR) is 133 cm³/mol. The molecule has 34 heavy (non-hydrogen) atoms. The number of nitrogens with one attached hydrogen (secondary N) is 1. The molecule has 1 aromatic heterocycles. The van der Waals surface area contributed by atoms with Crippen molar-refractivity contribution in [3.63, 3.8) is 0 Å². The quantitative estimate of drug-likeness (QED) is 0.360. The van der Waals surface area contributed by atoms with Crippen molar-refractivity contribution in [2.75, 3.05) is 12.3 Å². The van der Waals surface area contributed by atoms with Crippen molar-refractivity contribution in [3.05, 3.63) is 86.9 Å². The molecule has 9 heteroatoms. The largest absolute Gasteiger partial charge is 0.506 e. The Morgan fingerprint density at radius 2 is 1.97 bits per heavy atom. The maximum absolute atomic E-state index is 13.4. The molecule has 4 N–H and O–H groups in total. The summed E-state index contributed by atoms with van der Waals surface area (Å²) < 4.78 is 0.964. The number of carbonyl (C=O) groups is 2. The number of nitrogens with two attached hydrogens (primary N) is 1. The normalized spacial score (nSPS) is 15.2. The van der Waals surface area contributed by atoms with E-state index in [1.54, 1.807) is 22.3 Å². The third-order valence-corrected chi connectivity index (χ3v) is 7.22. The number of amides is 2. The maximum atomic E-state index is 13.4. The van der Waals surface area contributed by atoms with E-state index in [9.17, 15) is 14.7 Å². The van der Waals surface area contributed by atoms with Crippen LogP contribution in [0.5, 0.6) is 5.75 Å². The molecule has 0 radical (unpaired) electrons. The molecule has 5 rings (SSSR count). The summed E-state index contributed by atoms with van der Waals surface area (Å²) in [5.74, 6) is -0.800. The van der Waals surface area contributed by atoms with Gasteiger partial charge in [0.2, 0.25) is 0 Å². The number of rotatable bonds is 3. The molecule has 1 aliphatic heterocycles. The SMILES string of the molecule is Cc1nc2ccc(C(=O)N3Cc4ccccc4C(NC(=O)c4cc(N)c(Cl)c(O)c4)C3)cc2s1. The Labute approximate surface area is 204 Å². The molecule has 2 heterocycles. The zero-order valence-electron chi connectivity index (χ0n) is 18.2. The number of aromatic nitrogens is 1. The smallest absolute Gasteiger partial charge is 0.254 e. The minimum atomic E-state index is -0.435. The molecular formula is C25H21ClN4O3S.